The lowest BCUT2D eigenvalue weighted by molar-refractivity contribution is -0.138. The predicted octanol–water partition coefficient (Wildman–Crippen LogP) is 3.41. The average molecular weight is 273 g/mol. The second-order valence-electron chi connectivity index (χ2n) is 5.71. The molecule has 1 aromatic rings. The van der Waals surface area contributed by atoms with Crippen LogP contribution in [0.4, 0.5) is 0 Å². The Morgan fingerprint density at radius 2 is 1.95 bits per heavy atom. The Labute approximate surface area is 120 Å². The third-order valence-electron chi connectivity index (χ3n) is 4.26. The normalized spacial score (nSPS) is 20.5. The first-order valence-corrected chi connectivity index (χ1v) is 7.32. The topological polar surface area (TPSA) is 63.3 Å². The maximum absolute atomic E-state index is 10.9. The predicted molar refractivity (Wildman–Crippen MR) is 81.5 cm³/mol. The smallest absolute Gasteiger partial charge is 0.310 e. The Morgan fingerprint density at radius 1 is 1.35 bits per heavy atom. The van der Waals surface area contributed by atoms with E-state index in [9.17, 15) is 4.79 Å². The summed E-state index contributed by atoms with van der Waals surface area (Å²) in [5.41, 5.74) is 9.20. The minimum Gasteiger partial charge on any atom is -0.481 e. The Morgan fingerprint density at radius 3 is 2.45 bits per heavy atom. The van der Waals surface area contributed by atoms with Crippen molar-refractivity contribution in [1.29, 1.82) is 0 Å². The highest BCUT2D eigenvalue weighted by Gasteiger charge is 2.15. The summed E-state index contributed by atoms with van der Waals surface area (Å²) in [6, 6.07) is 7.85. The molecule has 20 heavy (non-hydrogen) atoms. The molecule has 0 aliphatic heterocycles. The molecule has 3 nitrogen and oxygen atoms in total. The summed E-state index contributed by atoms with van der Waals surface area (Å²) in [5.74, 6) is -0.543. The third-order valence-corrected chi connectivity index (χ3v) is 4.26. The molecule has 108 valence electrons. The Hall–Kier alpha value is -1.61. The van der Waals surface area contributed by atoms with E-state index in [1.54, 1.807) is 6.92 Å². The maximum Gasteiger partial charge on any atom is 0.310 e. The van der Waals surface area contributed by atoms with Crippen LogP contribution in [0.15, 0.2) is 29.8 Å². The van der Waals surface area contributed by atoms with Gasteiger partial charge in [0.05, 0.1) is 5.92 Å². The lowest BCUT2D eigenvalue weighted by Gasteiger charge is -2.22. The summed E-state index contributed by atoms with van der Waals surface area (Å²) in [5, 5.41) is 8.99. The molecule has 1 aromatic carbocycles. The SMILES string of the molecule is CC(C(=O)O)c1ccc(C=C2CCC(CN)CC2)cc1. The zero-order valence-corrected chi connectivity index (χ0v) is 12.0. The van der Waals surface area contributed by atoms with Gasteiger partial charge in [-0.25, -0.2) is 0 Å². The molecule has 0 aromatic heterocycles. The van der Waals surface area contributed by atoms with E-state index in [1.807, 2.05) is 24.3 Å². The monoisotopic (exact) mass is 273 g/mol. The van der Waals surface area contributed by atoms with Crippen LogP contribution in [-0.4, -0.2) is 17.6 Å². The van der Waals surface area contributed by atoms with E-state index in [2.05, 4.69) is 6.08 Å². The highest BCUT2D eigenvalue weighted by molar-refractivity contribution is 5.75. The molecule has 1 atom stereocenters. The molecular weight excluding hydrogens is 250 g/mol. The van der Waals surface area contributed by atoms with E-state index in [0.717, 1.165) is 30.5 Å². The standard InChI is InChI=1S/C17H23NO2/c1-12(17(19)20)16-8-6-14(7-9-16)10-13-2-4-15(11-18)5-3-13/h6-10,12,15H,2-5,11,18H2,1H3,(H,19,20). The molecule has 0 heterocycles. The van der Waals surface area contributed by atoms with Crippen LogP contribution >= 0.6 is 0 Å². The van der Waals surface area contributed by atoms with Gasteiger partial charge < -0.3 is 10.8 Å². The molecule has 1 aliphatic carbocycles. The zero-order valence-electron chi connectivity index (χ0n) is 12.0. The molecule has 0 radical (unpaired) electrons. The fourth-order valence-electron chi connectivity index (χ4n) is 2.69. The van der Waals surface area contributed by atoms with E-state index in [0.29, 0.717) is 5.92 Å². The van der Waals surface area contributed by atoms with Crippen LogP contribution in [0, 0.1) is 5.92 Å². The third kappa shape index (κ3) is 3.70. The average Bonchev–Trinajstić information content (AvgIpc) is 2.48. The van der Waals surface area contributed by atoms with Crippen LogP contribution in [0.3, 0.4) is 0 Å². The van der Waals surface area contributed by atoms with E-state index in [4.69, 9.17) is 10.8 Å². The van der Waals surface area contributed by atoms with E-state index >= 15 is 0 Å². The lowest BCUT2D eigenvalue weighted by Crippen LogP contribution is -2.17. The lowest BCUT2D eigenvalue weighted by atomic mass is 9.85. The molecule has 0 spiro atoms. The fourth-order valence-corrected chi connectivity index (χ4v) is 2.69. The molecule has 1 unspecified atom stereocenters. The number of hydrogen-bond acceptors (Lipinski definition) is 2. The Kier molecular flexibility index (Phi) is 4.96. The number of allylic oxidation sites excluding steroid dienone is 1. The first-order valence-electron chi connectivity index (χ1n) is 7.32. The summed E-state index contributed by atoms with van der Waals surface area (Å²) in [6.07, 6.45) is 6.89. The van der Waals surface area contributed by atoms with Gasteiger partial charge in [-0.05, 0) is 56.2 Å². The van der Waals surface area contributed by atoms with Gasteiger partial charge in [-0.1, -0.05) is 35.9 Å². The van der Waals surface area contributed by atoms with Crippen molar-refractivity contribution in [2.24, 2.45) is 11.7 Å². The Balaban J connectivity index is 2.02. The van der Waals surface area contributed by atoms with Crippen molar-refractivity contribution in [1.82, 2.24) is 0 Å². The first kappa shape index (κ1) is 14.8. The summed E-state index contributed by atoms with van der Waals surface area (Å²) in [7, 11) is 0. The highest BCUT2D eigenvalue weighted by atomic mass is 16.4. The first-order chi connectivity index (χ1) is 9.60. The van der Waals surface area contributed by atoms with Gasteiger partial charge in [0.15, 0.2) is 0 Å². The number of aliphatic carboxylic acids is 1. The number of carboxylic acid groups (broad SMARTS) is 1. The summed E-state index contributed by atoms with van der Waals surface area (Å²) in [6.45, 7) is 2.51. The number of rotatable bonds is 4. The number of carbonyl (C=O) groups is 1. The zero-order chi connectivity index (χ0) is 14.5. The van der Waals surface area contributed by atoms with Gasteiger partial charge in [0, 0.05) is 0 Å². The largest absolute Gasteiger partial charge is 0.481 e. The molecule has 3 heteroatoms. The molecule has 0 saturated heterocycles. The van der Waals surface area contributed by atoms with Crippen LogP contribution < -0.4 is 5.73 Å². The Bertz CT molecular complexity index is 480. The van der Waals surface area contributed by atoms with Crippen LogP contribution in [0.1, 0.15) is 49.7 Å². The van der Waals surface area contributed by atoms with Gasteiger partial charge in [0.25, 0.3) is 0 Å². The van der Waals surface area contributed by atoms with Crippen LogP contribution in [0.25, 0.3) is 6.08 Å². The van der Waals surface area contributed by atoms with Gasteiger partial charge >= 0.3 is 5.97 Å². The van der Waals surface area contributed by atoms with Crippen molar-refractivity contribution in [2.45, 2.75) is 38.5 Å². The number of hydrogen-bond donors (Lipinski definition) is 2. The molecule has 1 aliphatic rings. The van der Waals surface area contributed by atoms with Crippen molar-refractivity contribution in [3.63, 3.8) is 0 Å². The van der Waals surface area contributed by atoms with E-state index in [1.165, 1.54) is 18.4 Å². The van der Waals surface area contributed by atoms with Crippen molar-refractivity contribution in [3.8, 4) is 0 Å². The van der Waals surface area contributed by atoms with Crippen LogP contribution in [0.5, 0.6) is 0 Å². The minimum atomic E-state index is -0.781. The summed E-state index contributed by atoms with van der Waals surface area (Å²) < 4.78 is 0. The molecule has 0 amide bonds. The second-order valence-corrected chi connectivity index (χ2v) is 5.71. The van der Waals surface area contributed by atoms with Crippen molar-refractivity contribution < 1.29 is 9.90 Å². The number of carboxylic acids is 1. The van der Waals surface area contributed by atoms with Crippen molar-refractivity contribution >= 4 is 12.0 Å². The fraction of sp³-hybridized carbons (Fsp3) is 0.471. The minimum absolute atomic E-state index is 0.448. The number of nitrogens with two attached hydrogens (primary N) is 1. The van der Waals surface area contributed by atoms with Gasteiger partial charge in [-0.2, -0.15) is 0 Å². The maximum atomic E-state index is 10.9. The van der Waals surface area contributed by atoms with Gasteiger partial charge in [0.1, 0.15) is 0 Å². The summed E-state index contributed by atoms with van der Waals surface area (Å²) in [4.78, 5) is 10.9. The molecule has 2 rings (SSSR count). The molecule has 1 fully saturated rings. The highest BCUT2D eigenvalue weighted by Crippen LogP contribution is 2.29. The quantitative estimate of drug-likeness (QED) is 0.883. The molecule has 1 saturated carbocycles. The molecule has 0 bridgehead atoms. The van der Waals surface area contributed by atoms with Crippen LogP contribution in [-0.2, 0) is 4.79 Å². The number of benzene rings is 1. The second kappa shape index (κ2) is 6.71. The van der Waals surface area contributed by atoms with Crippen molar-refractivity contribution in [3.05, 3.63) is 41.0 Å². The van der Waals surface area contributed by atoms with E-state index < -0.39 is 11.9 Å². The molecule has 3 N–H and O–H groups in total. The van der Waals surface area contributed by atoms with Crippen molar-refractivity contribution in [2.75, 3.05) is 6.54 Å². The molecular formula is C17H23NO2. The van der Waals surface area contributed by atoms with Gasteiger partial charge in [-0.3, -0.25) is 4.79 Å². The van der Waals surface area contributed by atoms with Gasteiger partial charge in [0.2, 0.25) is 0 Å². The van der Waals surface area contributed by atoms with Crippen LogP contribution in [0.2, 0.25) is 0 Å². The van der Waals surface area contributed by atoms with Gasteiger partial charge in [-0.15, -0.1) is 0 Å². The van der Waals surface area contributed by atoms with E-state index in [-0.39, 0.29) is 0 Å². The summed E-state index contributed by atoms with van der Waals surface area (Å²) >= 11 is 0.